The van der Waals surface area contributed by atoms with E-state index in [1.165, 1.54) is 5.56 Å². The third-order valence-electron chi connectivity index (χ3n) is 3.58. The van der Waals surface area contributed by atoms with E-state index in [4.69, 9.17) is 4.74 Å². The zero-order valence-corrected chi connectivity index (χ0v) is 12.1. The molecule has 1 aliphatic heterocycles. The summed E-state index contributed by atoms with van der Waals surface area (Å²) in [5, 5.41) is 7.91. The Bertz CT molecular complexity index is 655. The average Bonchev–Trinajstić information content (AvgIpc) is 2.83. The molecule has 1 amide bonds. The van der Waals surface area contributed by atoms with Gasteiger partial charge in [-0.25, -0.2) is 0 Å². The summed E-state index contributed by atoms with van der Waals surface area (Å²) in [7, 11) is 0. The minimum Gasteiger partial charge on any atom is -0.477 e. The molecule has 5 nitrogen and oxygen atoms in total. The Morgan fingerprint density at radius 2 is 2.10 bits per heavy atom. The van der Waals surface area contributed by atoms with E-state index >= 15 is 0 Å². The smallest absolute Gasteiger partial charge is 0.279 e. The van der Waals surface area contributed by atoms with Gasteiger partial charge in [-0.05, 0) is 38.0 Å². The molecular formula is C16H17N3O2. The quantitative estimate of drug-likeness (QED) is 0.868. The minimum absolute atomic E-state index is 0.122. The average molecular weight is 283 g/mol. The van der Waals surface area contributed by atoms with Gasteiger partial charge in [0.15, 0.2) is 5.69 Å². The second-order valence-electron chi connectivity index (χ2n) is 5.05. The van der Waals surface area contributed by atoms with Gasteiger partial charge in [-0.1, -0.05) is 18.2 Å². The number of carbonyl (C=O) groups is 1. The van der Waals surface area contributed by atoms with E-state index in [2.05, 4.69) is 16.3 Å². The van der Waals surface area contributed by atoms with Crippen molar-refractivity contribution >= 4 is 11.6 Å². The second-order valence-corrected chi connectivity index (χ2v) is 5.05. The number of nitrogens with zero attached hydrogens (tertiary/aromatic N) is 3. The summed E-state index contributed by atoms with van der Waals surface area (Å²) in [6, 6.07) is 11.4. The fourth-order valence-electron chi connectivity index (χ4n) is 2.66. The maximum Gasteiger partial charge on any atom is 0.279 e. The largest absolute Gasteiger partial charge is 0.477 e. The summed E-state index contributed by atoms with van der Waals surface area (Å²) in [6.45, 7) is 4.45. The van der Waals surface area contributed by atoms with Gasteiger partial charge in [0.05, 0.1) is 6.61 Å². The van der Waals surface area contributed by atoms with Crippen molar-refractivity contribution in [1.29, 1.82) is 0 Å². The molecule has 1 aromatic heterocycles. The third-order valence-corrected chi connectivity index (χ3v) is 3.58. The van der Waals surface area contributed by atoms with E-state index in [1.807, 2.05) is 32.0 Å². The topological polar surface area (TPSA) is 55.3 Å². The SMILES string of the molecule is CCOc1ccc(C(=O)N2c3ccccc3CC2C)nn1. The van der Waals surface area contributed by atoms with Crippen molar-refractivity contribution in [3.05, 3.63) is 47.7 Å². The standard InChI is InChI=1S/C16H17N3O2/c1-3-21-15-9-8-13(17-18-15)16(20)19-11(2)10-12-6-4-5-7-14(12)19/h4-9,11H,3,10H2,1-2H3. The van der Waals surface area contributed by atoms with E-state index in [-0.39, 0.29) is 11.9 Å². The third kappa shape index (κ3) is 2.46. The Kier molecular flexibility index (Phi) is 3.56. The van der Waals surface area contributed by atoms with Crippen LogP contribution in [0.1, 0.15) is 29.9 Å². The van der Waals surface area contributed by atoms with Crippen molar-refractivity contribution in [2.45, 2.75) is 26.3 Å². The molecule has 108 valence electrons. The first-order valence-electron chi connectivity index (χ1n) is 7.08. The lowest BCUT2D eigenvalue weighted by Crippen LogP contribution is -2.36. The van der Waals surface area contributed by atoms with Gasteiger partial charge in [-0.2, -0.15) is 0 Å². The van der Waals surface area contributed by atoms with Crippen molar-refractivity contribution in [1.82, 2.24) is 10.2 Å². The molecule has 0 spiro atoms. The first kappa shape index (κ1) is 13.5. The van der Waals surface area contributed by atoms with Crippen LogP contribution in [0.15, 0.2) is 36.4 Å². The van der Waals surface area contributed by atoms with Crippen LogP contribution in [0.2, 0.25) is 0 Å². The highest BCUT2D eigenvalue weighted by Gasteiger charge is 2.31. The molecule has 5 heteroatoms. The Morgan fingerprint density at radius 1 is 1.29 bits per heavy atom. The highest BCUT2D eigenvalue weighted by Crippen LogP contribution is 2.32. The Hall–Kier alpha value is -2.43. The first-order chi connectivity index (χ1) is 10.2. The van der Waals surface area contributed by atoms with Gasteiger partial charge >= 0.3 is 0 Å². The molecule has 0 saturated carbocycles. The maximum absolute atomic E-state index is 12.7. The zero-order valence-electron chi connectivity index (χ0n) is 12.1. The molecule has 0 radical (unpaired) electrons. The number of benzene rings is 1. The Morgan fingerprint density at radius 3 is 2.81 bits per heavy atom. The normalized spacial score (nSPS) is 16.7. The highest BCUT2D eigenvalue weighted by atomic mass is 16.5. The van der Waals surface area contributed by atoms with Gasteiger partial charge < -0.3 is 9.64 Å². The lowest BCUT2D eigenvalue weighted by Gasteiger charge is -2.22. The number of fused-ring (bicyclic) bond motifs is 1. The highest BCUT2D eigenvalue weighted by molar-refractivity contribution is 6.06. The van der Waals surface area contributed by atoms with Crippen molar-refractivity contribution in [3.8, 4) is 5.88 Å². The summed E-state index contributed by atoms with van der Waals surface area (Å²) in [5.74, 6) is 0.312. The van der Waals surface area contributed by atoms with Gasteiger partial charge in [0.2, 0.25) is 5.88 Å². The van der Waals surface area contributed by atoms with Crippen LogP contribution in [0.4, 0.5) is 5.69 Å². The zero-order chi connectivity index (χ0) is 14.8. The van der Waals surface area contributed by atoms with Gasteiger partial charge in [-0.15, -0.1) is 10.2 Å². The summed E-state index contributed by atoms with van der Waals surface area (Å²) in [5.41, 5.74) is 2.49. The number of anilines is 1. The number of carbonyl (C=O) groups excluding carboxylic acids is 1. The van der Waals surface area contributed by atoms with Gasteiger partial charge in [0.25, 0.3) is 5.91 Å². The predicted molar refractivity (Wildman–Crippen MR) is 79.6 cm³/mol. The molecule has 21 heavy (non-hydrogen) atoms. The van der Waals surface area contributed by atoms with Crippen molar-refractivity contribution in [2.75, 3.05) is 11.5 Å². The van der Waals surface area contributed by atoms with Gasteiger partial charge in [-0.3, -0.25) is 4.79 Å². The summed E-state index contributed by atoms with van der Waals surface area (Å²) < 4.78 is 5.24. The maximum atomic E-state index is 12.7. The fourth-order valence-corrected chi connectivity index (χ4v) is 2.66. The second kappa shape index (κ2) is 5.52. The van der Waals surface area contributed by atoms with E-state index < -0.39 is 0 Å². The van der Waals surface area contributed by atoms with Crippen LogP contribution < -0.4 is 9.64 Å². The molecule has 1 unspecified atom stereocenters. The van der Waals surface area contributed by atoms with E-state index in [9.17, 15) is 4.79 Å². The van der Waals surface area contributed by atoms with Crippen LogP contribution in [-0.4, -0.2) is 28.8 Å². The number of para-hydroxylation sites is 1. The number of aromatic nitrogens is 2. The molecule has 1 aliphatic rings. The molecule has 0 N–H and O–H groups in total. The number of hydrogen-bond donors (Lipinski definition) is 0. The summed E-state index contributed by atoms with van der Waals surface area (Å²) in [4.78, 5) is 14.5. The van der Waals surface area contributed by atoms with E-state index in [0.717, 1.165) is 12.1 Å². The molecule has 0 aliphatic carbocycles. The number of amides is 1. The number of ether oxygens (including phenoxy) is 1. The molecule has 0 bridgehead atoms. The van der Waals surface area contributed by atoms with Crippen LogP contribution in [0.5, 0.6) is 5.88 Å². The van der Waals surface area contributed by atoms with Crippen molar-refractivity contribution in [2.24, 2.45) is 0 Å². The van der Waals surface area contributed by atoms with Crippen molar-refractivity contribution < 1.29 is 9.53 Å². The number of hydrogen-bond acceptors (Lipinski definition) is 4. The summed E-state index contributed by atoms with van der Waals surface area (Å²) in [6.07, 6.45) is 0.867. The van der Waals surface area contributed by atoms with Crippen LogP contribution in [0, 0.1) is 0 Å². The fraction of sp³-hybridized carbons (Fsp3) is 0.312. The molecule has 2 aromatic rings. The Balaban J connectivity index is 1.88. The van der Waals surface area contributed by atoms with Crippen molar-refractivity contribution in [3.63, 3.8) is 0 Å². The molecular weight excluding hydrogens is 266 g/mol. The van der Waals surface area contributed by atoms with Gasteiger partial charge in [0.1, 0.15) is 0 Å². The molecule has 2 heterocycles. The van der Waals surface area contributed by atoms with Crippen LogP contribution in [-0.2, 0) is 6.42 Å². The molecule has 0 saturated heterocycles. The van der Waals surface area contributed by atoms with Gasteiger partial charge in [0, 0.05) is 17.8 Å². The molecule has 1 atom stereocenters. The molecule has 0 fully saturated rings. The number of rotatable bonds is 3. The lowest BCUT2D eigenvalue weighted by atomic mass is 10.1. The minimum atomic E-state index is -0.122. The monoisotopic (exact) mass is 283 g/mol. The van der Waals surface area contributed by atoms with Crippen LogP contribution in [0.3, 0.4) is 0 Å². The Labute approximate surface area is 123 Å². The van der Waals surface area contributed by atoms with Crippen LogP contribution >= 0.6 is 0 Å². The molecule has 3 rings (SSSR count). The molecule has 1 aromatic carbocycles. The van der Waals surface area contributed by atoms with E-state index in [1.54, 1.807) is 17.0 Å². The first-order valence-corrected chi connectivity index (χ1v) is 7.08. The predicted octanol–water partition coefficient (Wildman–Crippen LogP) is 2.47. The van der Waals surface area contributed by atoms with Crippen LogP contribution in [0.25, 0.3) is 0 Å². The van der Waals surface area contributed by atoms with E-state index in [0.29, 0.717) is 18.2 Å². The summed E-state index contributed by atoms with van der Waals surface area (Å²) >= 11 is 0. The lowest BCUT2D eigenvalue weighted by molar-refractivity contribution is 0.0975.